The first-order valence-corrected chi connectivity index (χ1v) is 15.3. The number of nitrogens with one attached hydrogen (secondary N) is 2. The summed E-state index contributed by atoms with van der Waals surface area (Å²) in [6, 6.07) is 0.616. The fourth-order valence-corrected chi connectivity index (χ4v) is 7.36. The topological polar surface area (TPSA) is 120 Å². The maximum atomic E-state index is 13.5. The molecule has 1 aliphatic carbocycles. The van der Waals surface area contributed by atoms with Crippen LogP contribution in [0.4, 0.5) is 5.95 Å². The van der Waals surface area contributed by atoms with Crippen LogP contribution in [-0.4, -0.2) is 85.9 Å². The van der Waals surface area contributed by atoms with E-state index in [-0.39, 0.29) is 29.9 Å². The van der Waals surface area contributed by atoms with Crippen LogP contribution in [0.5, 0.6) is 0 Å². The van der Waals surface area contributed by atoms with E-state index >= 15 is 0 Å². The summed E-state index contributed by atoms with van der Waals surface area (Å²) in [5.41, 5.74) is 4.35. The summed E-state index contributed by atoms with van der Waals surface area (Å²) in [6.45, 7) is 8.29. The van der Waals surface area contributed by atoms with Crippen molar-refractivity contribution in [2.24, 2.45) is 0 Å². The average Bonchev–Trinajstić information content (AvgIpc) is 3.61. The minimum atomic E-state index is -0.299. The van der Waals surface area contributed by atoms with E-state index in [1.54, 1.807) is 7.05 Å². The highest BCUT2D eigenvalue weighted by atomic mass is 32.1. The Labute approximate surface area is 239 Å². The Bertz CT molecular complexity index is 1400. The van der Waals surface area contributed by atoms with E-state index in [1.165, 1.54) is 43.7 Å². The lowest BCUT2D eigenvalue weighted by molar-refractivity contribution is -0.132. The van der Waals surface area contributed by atoms with Gasteiger partial charge in [0.25, 0.3) is 0 Å². The van der Waals surface area contributed by atoms with Gasteiger partial charge in [-0.1, -0.05) is 20.3 Å². The Morgan fingerprint density at radius 1 is 1.07 bits per heavy atom. The molecule has 3 aromatic rings. The number of amides is 1. The fourth-order valence-electron chi connectivity index (χ4n) is 6.57. The first-order chi connectivity index (χ1) is 19.3. The lowest BCUT2D eigenvalue weighted by Crippen LogP contribution is -2.48. The summed E-state index contributed by atoms with van der Waals surface area (Å²) in [6.07, 6.45) is 9.07. The van der Waals surface area contributed by atoms with Gasteiger partial charge in [-0.2, -0.15) is 5.10 Å². The van der Waals surface area contributed by atoms with Gasteiger partial charge in [-0.05, 0) is 56.2 Å². The molecular weight excluding hydrogens is 524 g/mol. The molecule has 2 saturated heterocycles. The van der Waals surface area contributed by atoms with E-state index in [1.807, 2.05) is 16.5 Å². The minimum absolute atomic E-state index is 0.0554. The van der Waals surface area contributed by atoms with Gasteiger partial charge in [-0.25, -0.2) is 15.0 Å². The lowest BCUT2D eigenvalue weighted by Gasteiger charge is -2.40. The van der Waals surface area contributed by atoms with Crippen molar-refractivity contribution >= 4 is 29.0 Å². The number of carbonyl (C=O) groups is 2. The van der Waals surface area contributed by atoms with Crippen LogP contribution < -0.4 is 5.32 Å². The van der Waals surface area contributed by atoms with Gasteiger partial charge >= 0.3 is 0 Å². The molecule has 0 saturated carbocycles. The molecule has 40 heavy (non-hydrogen) atoms. The molecule has 0 aromatic carbocycles. The third-order valence-corrected chi connectivity index (χ3v) is 9.53. The van der Waals surface area contributed by atoms with Crippen molar-refractivity contribution in [1.82, 2.24) is 34.9 Å². The molecule has 0 spiro atoms. The summed E-state index contributed by atoms with van der Waals surface area (Å²) in [5, 5.41) is 13.2. The molecule has 0 bridgehead atoms. The van der Waals surface area contributed by atoms with Crippen LogP contribution in [-0.2, 0) is 29.5 Å². The van der Waals surface area contributed by atoms with Crippen LogP contribution in [0.1, 0.15) is 78.3 Å². The summed E-state index contributed by atoms with van der Waals surface area (Å²) >= 11 is 1.44. The van der Waals surface area contributed by atoms with E-state index < -0.39 is 0 Å². The Hall–Kier alpha value is -3.18. The van der Waals surface area contributed by atoms with E-state index in [4.69, 9.17) is 0 Å². The van der Waals surface area contributed by atoms with Gasteiger partial charge in [-0.3, -0.25) is 14.7 Å². The molecule has 2 N–H and O–H groups in total. The molecule has 3 aliphatic rings. The van der Waals surface area contributed by atoms with Crippen LogP contribution in [0, 0.1) is 0 Å². The van der Waals surface area contributed by atoms with Crippen molar-refractivity contribution in [3.63, 3.8) is 0 Å². The number of Topliss-reactive ketones (excluding diaryl/α,β-unsaturated/α-hetero) is 1. The Balaban J connectivity index is 1.09. The van der Waals surface area contributed by atoms with Crippen LogP contribution in [0.15, 0.2) is 11.6 Å². The first kappa shape index (κ1) is 27.0. The van der Waals surface area contributed by atoms with E-state index in [2.05, 4.69) is 49.2 Å². The normalized spacial score (nSPS) is 19.2. The molecule has 0 unspecified atom stereocenters. The summed E-state index contributed by atoms with van der Waals surface area (Å²) in [5.74, 6) is 0.600. The van der Waals surface area contributed by atoms with Gasteiger partial charge in [0.2, 0.25) is 11.9 Å². The predicted molar refractivity (Wildman–Crippen MR) is 155 cm³/mol. The van der Waals surface area contributed by atoms with Gasteiger partial charge in [0.05, 0.1) is 24.2 Å². The van der Waals surface area contributed by atoms with Gasteiger partial charge in [-0.15, -0.1) is 11.3 Å². The predicted octanol–water partition coefficient (Wildman–Crippen LogP) is 3.64. The van der Waals surface area contributed by atoms with E-state index in [9.17, 15) is 9.59 Å². The zero-order valence-electron chi connectivity index (χ0n) is 23.6. The van der Waals surface area contributed by atoms with Crippen molar-refractivity contribution in [3.05, 3.63) is 39.1 Å². The number of hydrogen-bond donors (Lipinski definition) is 2. The largest absolute Gasteiger partial charge is 0.357 e. The molecule has 3 aromatic heterocycles. The Morgan fingerprint density at radius 2 is 1.85 bits per heavy atom. The molecule has 2 aliphatic heterocycles. The second-order valence-electron chi connectivity index (χ2n) is 11.9. The number of aromatic amines is 1. The second kappa shape index (κ2) is 11.0. The van der Waals surface area contributed by atoms with Crippen LogP contribution in [0.25, 0.3) is 11.4 Å². The number of anilines is 1. The molecule has 5 heterocycles. The maximum absolute atomic E-state index is 13.5. The van der Waals surface area contributed by atoms with Crippen LogP contribution in [0.3, 0.4) is 0 Å². The second-order valence-corrected chi connectivity index (χ2v) is 12.9. The minimum Gasteiger partial charge on any atom is -0.357 e. The number of carbonyl (C=O) groups excluding carboxylic acids is 2. The summed E-state index contributed by atoms with van der Waals surface area (Å²) in [4.78, 5) is 44.8. The third-order valence-electron chi connectivity index (χ3n) is 8.63. The number of thiazole rings is 1. The molecule has 1 amide bonds. The van der Waals surface area contributed by atoms with Crippen molar-refractivity contribution in [2.45, 2.75) is 76.7 Å². The van der Waals surface area contributed by atoms with E-state index in [0.29, 0.717) is 28.4 Å². The number of likely N-dealkylation sites (tertiary alicyclic amines) is 2. The highest BCUT2D eigenvalue weighted by Gasteiger charge is 2.38. The molecule has 2 fully saturated rings. The highest BCUT2D eigenvalue weighted by molar-refractivity contribution is 7.09. The number of piperidine rings is 2. The van der Waals surface area contributed by atoms with E-state index in [0.717, 1.165) is 54.9 Å². The lowest BCUT2D eigenvalue weighted by atomic mass is 9.73. The number of ketones is 1. The van der Waals surface area contributed by atoms with Crippen molar-refractivity contribution < 1.29 is 9.59 Å². The molecule has 212 valence electrons. The Morgan fingerprint density at radius 3 is 2.60 bits per heavy atom. The Kier molecular flexibility index (Phi) is 7.43. The van der Waals surface area contributed by atoms with Crippen LogP contribution >= 0.6 is 11.3 Å². The van der Waals surface area contributed by atoms with Gasteiger partial charge < -0.3 is 15.1 Å². The fraction of sp³-hybridized carbons (Fsp3) is 0.586. The molecule has 10 nitrogen and oxygen atoms in total. The number of hydrogen-bond acceptors (Lipinski definition) is 9. The molecule has 11 heteroatoms. The molecule has 0 radical (unpaired) electrons. The monoisotopic (exact) mass is 562 g/mol. The highest BCUT2D eigenvalue weighted by Crippen LogP contribution is 2.43. The zero-order chi connectivity index (χ0) is 27.9. The summed E-state index contributed by atoms with van der Waals surface area (Å²) in [7, 11) is 1.78. The SMILES string of the molecule is CNc1ncc2c(n1)-c1n[nH]c(C(=O)Cc3nc(CC(=O)N4CCC(N5CCCCC5)CC4)cs3)c1C(C)(C)C2. The number of nitrogens with zero attached hydrogens (tertiary/aromatic N) is 6. The summed E-state index contributed by atoms with van der Waals surface area (Å²) < 4.78 is 0. The van der Waals surface area contributed by atoms with Gasteiger partial charge in [0.1, 0.15) is 16.4 Å². The molecule has 0 atom stereocenters. The maximum Gasteiger partial charge on any atom is 0.228 e. The molecule has 6 rings (SSSR count). The standard InChI is InChI=1S/C29H38N8O2S/c1-29(2)15-18-16-31-28(30-3)33-25(18)27-24(29)26(34-35-27)21(38)14-22-32-19(17-40-22)13-23(39)37-11-7-20(8-12-37)36-9-5-4-6-10-36/h16-17,20H,4-15H2,1-3H3,(H,34,35)(H,30,31,33). The van der Waals surface area contributed by atoms with Crippen LogP contribution in [0.2, 0.25) is 0 Å². The number of H-pyrrole nitrogens is 1. The number of rotatable bonds is 7. The zero-order valence-corrected chi connectivity index (χ0v) is 24.4. The number of aromatic nitrogens is 5. The van der Waals surface area contributed by atoms with Crippen molar-refractivity contribution in [2.75, 3.05) is 38.5 Å². The first-order valence-electron chi connectivity index (χ1n) is 14.4. The van der Waals surface area contributed by atoms with Gasteiger partial charge in [0, 0.05) is 43.3 Å². The van der Waals surface area contributed by atoms with Crippen molar-refractivity contribution in [1.29, 1.82) is 0 Å². The van der Waals surface area contributed by atoms with Gasteiger partial charge in [0.15, 0.2) is 5.78 Å². The average molecular weight is 563 g/mol. The third kappa shape index (κ3) is 5.28. The molecular formula is C29H38N8O2S. The quantitative estimate of drug-likeness (QED) is 0.419. The smallest absolute Gasteiger partial charge is 0.228 e. The number of fused-ring (bicyclic) bond motifs is 3. The van der Waals surface area contributed by atoms with Crippen molar-refractivity contribution in [3.8, 4) is 11.4 Å².